The molecule has 1 heterocycles. The summed E-state index contributed by atoms with van der Waals surface area (Å²) in [5.74, 6) is 0.860. The van der Waals surface area contributed by atoms with Gasteiger partial charge < -0.3 is 10.3 Å². The first-order chi connectivity index (χ1) is 8.24. The van der Waals surface area contributed by atoms with Crippen LogP contribution in [0.3, 0.4) is 0 Å². The van der Waals surface area contributed by atoms with Gasteiger partial charge >= 0.3 is 0 Å². The summed E-state index contributed by atoms with van der Waals surface area (Å²) in [6.07, 6.45) is 6.30. The third-order valence-electron chi connectivity index (χ3n) is 3.74. The van der Waals surface area contributed by atoms with Crippen LogP contribution in [0.4, 0.5) is 0 Å². The summed E-state index contributed by atoms with van der Waals surface area (Å²) >= 11 is 5.03. The highest BCUT2D eigenvalue weighted by Crippen LogP contribution is 2.29. The molecular weight excluding hydrogens is 228 g/mol. The first kappa shape index (κ1) is 10.8. The van der Waals surface area contributed by atoms with Gasteiger partial charge in [0.25, 0.3) is 0 Å². The van der Waals surface area contributed by atoms with E-state index in [0.717, 1.165) is 18.0 Å². The molecule has 2 nitrogen and oxygen atoms in total. The molecule has 0 aliphatic heterocycles. The van der Waals surface area contributed by atoms with Crippen LogP contribution in [0.1, 0.15) is 24.8 Å². The van der Waals surface area contributed by atoms with Crippen molar-refractivity contribution in [2.24, 2.45) is 11.7 Å². The molecule has 0 spiro atoms. The van der Waals surface area contributed by atoms with Crippen LogP contribution in [0.2, 0.25) is 0 Å². The van der Waals surface area contributed by atoms with E-state index in [1.165, 1.54) is 30.2 Å². The van der Waals surface area contributed by atoms with Crippen molar-refractivity contribution in [3.63, 3.8) is 0 Å². The van der Waals surface area contributed by atoms with Crippen molar-refractivity contribution < 1.29 is 0 Å². The van der Waals surface area contributed by atoms with Crippen molar-refractivity contribution in [1.29, 1.82) is 0 Å². The minimum Gasteiger partial charge on any atom is -0.389 e. The summed E-state index contributed by atoms with van der Waals surface area (Å²) < 4.78 is 2.33. The maximum Gasteiger partial charge on any atom is 0.104 e. The molecule has 1 aromatic carbocycles. The Morgan fingerprint density at radius 3 is 2.82 bits per heavy atom. The molecule has 3 rings (SSSR count). The van der Waals surface area contributed by atoms with Gasteiger partial charge in [0.1, 0.15) is 4.99 Å². The number of hydrogen-bond donors (Lipinski definition) is 1. The van der Waals surface area contributed by atoms with Crippen LogP contribution in [0.25, 0.3) is 10.9 Å². The summed E-state index contributed by atoms with van der Waals surface area (Å²) in [6.45, 7) is 1.13. The zero-order valence-corrected chi connectivity index (χ0v) is 10.5. The van der Waals surface area contributed by atoms with Gasteiger partial charge in [-0.15, -0.1) is 0 Å². The highest BCUT2D eigenvalue weighted by atomic mass is 32.1. The molecule has 88 valence electrons. The Balaban J connectivity index is 1.99. The number of fused-ring (bicyclic) bond motifs is 1. The Labute approximate surface area is 106 Å². The number of hydrogen-bond acceptors (Lipinski definition) is 1. The predicted molar refractivity (Wildman–Crippen MR) is 75.2 cm³/mol. The molecule has 17 heavy (non-hydrogen) atoms. The summed E-state index contributed by atoms with van der Waals surface area (Å²) in [7, 11) is 0. The van der Waals surface area contributed by atoms with Crippen molar-refractivity contribution in [3.05, 3.63) is 36.0 Å². The van der Waals surface area contributed by atoms with Crippen molar-refractivity contribution in [2.45, 2.75) is 25.8 Å². The Kier molecular flexibility index (Phi) is 2.63. The van der Waals surface area contributed by atoms with E-state index in [0.29, 0.717) is 4.99 Å². The molecular formula is C14H16N2S. The molecule has 1 aliphatic rings. The van der Waals surface area contributed by atoms with Gasteiger partial charge in [0.15, 0.2) is 0 Å². The van der Waals surface area contributed by atoms with Gasteiger partial charge in [-0.25, -0.2) is 0 Å². The van der Waals surface area contributed by atoms with E-state index in [1.807, 2.05) is 6.07 Å². The fourth-order valence-corrected chi connectivity index (χ4v) is 2.58. The number of thiocarbonyl (C=S) groups is 1. The largest absolute Gasteiger partial charge is 0.389 e. The molecule has 0 saturated heterocycles. The third kappa shape index (κ3) is 1.95. The van der Waals surface area contributed by atoms with E-state index in [9.17, 15) is 0 Å². The molecule has 1 saturated carbocycles. The zero-order chi connectivity index (χ0) is 11.8. The molecule has 2 N–H and O–H groups in total. The molecule has 1 aliphatic carbocycles. The van der Waals surface area contributed by atoms with Crippen molar-refractivity contribution >= 4 is 28.1 Å². The zero-order valence-electron chi connectivity index (χ0n) is 9.73. The van der Waals surface area contributed by atoms with Crippen LogP contribution in [0.15, 0.2) is 30.5 Å². The van der Waals surface area contributed by atoms with Crippen molar-refractivity contribution in [3.8, 4) is 0 Å². The van der Waals surface area contributed by atoms with E-state index in [-0.39, 0.29) is 0 Å². The molecule has 3 heteroatoms. The first-order valence-electron chi connectivity index (χ1n) is 6.13. The van der Waals surface area contributed by atoms with Gasteiger partial charge in [0.05, 0.1) is 0 Å². The highest BCUT2D eigenvalue weighted by Gasteiger charge is 2.18. The topological polar surface area (TPSA) is 30.9 Å². The SMILES string of the molecule is NC(=S)c1ccc2ccn(CC3CCC3)c2c1. The monoisotopic (exact) mass is 244 g/mol. The van der Waals surface area contributed by atoms with Gasteiger partial charge in [-0.1, -0.05) is 30.8 Å². The third-order valence-corrected chi connectivity index (χ3v) is 3.97. The lowest BCUT2D eigenvalue weighted by Crippen LogP contribution is -2.17. The normalized spacial score (nSPS) is 16.0. The molecule has 0 bridgehead atoms. The maximum atomic E-state index is 5.68. The second-order valence-electron chi connectivity index (χ2n) is 4.90. The van der Waals surface area contributed by atoms with E-state index >= 15 is 0 Å². The van der Waals surface area contributed by atoms with Crippen LogP contribution >= 0.6 is 12.2 Å². The lowest BCUT2D eigenvalue weighted by molar-refractivity contribution is 0.280. The Hall–Kier alpha value is -1.35. The minimum atomic E-state index is 0.475. The minimum absolute atomic E-state index is 0.475. The standard InChI is InChI=1S/C14H16N2S/c15-14(17)12-5-4-11-6-7-16(13(11)8-12)9-10-2-1-3-10/h4-8,10H,1-3,9H2,(H2,15,17). The second kappa shape index (κ2) is 4.15. The summed E-state index contributed by atoms with van der Waals surface area (Å²) in [5, 5.41) is 1.27. The van der Waals surface area contributed by atoms with Crippen LogP contribution in [-0.2, 0) is 6.54 Å². The Morgan fingerprint density at radius 1 is 1.35 bits per heavy atom. The maximum absolute atomic E-state index is 5.68. The number of rotatable bonds is 3. The Bertz CT molecular complexity index is 567. The van der Waals surface area contributed by atoms with Crippen LogP contribution < -0.4 is 5.73 Å². The smallest absolute Gasteiger partial charge is 0.104 e. The predicted octanol–water partition coefficient (Wildman–Crippen LogP) is 3.08. The van der Waals surface area contributed by atoms with E-state index in [4.69, 9.17) is 18.0 Å². The van der Waals surface area contributed by atoms with Crippen molar-refractivity contribution in [1.82, 2.24) is 4.57 Å². The number of aromatic nitrogens is 1. The molecule has 0 amide bonds. The van der Waals surface area contributed by atoms with E-state index in [1.54, 1.807) is 0 Å². The summed E-state index contributed by atoms with van der Waals surface area (Å²) in [6, 6.07) is 8.37. The van der Waals surface area contributed by atoms with Crippen LogP contribution in [-0.4, -0.2) is 9.56 Å². The van der Waals surface area contributed by atoms with E-state index in [2.05, 4.69) is 29.0 Å². The highest BCUT2D eigenvalue weighted by molar-refractivity contribution is 7.80. The average Bonchev–Trinajstić information content (AvgIpc) is 2.65. The fraction of sp³-hybridized carbons (Fsp3) is 0.357. The van der Waals surface area contributed by atoms with Gasteiger partial charge in [0.2, 0.25) is 0 Å². The molecule has 0 unspecified atom stereocenters. The quantitative estimate of drug-likeness (QED) is 0.841. The molecule has 2 aromatic rings. The van der Waals surface area contributed by atoms with Crippen LogP contribution in [0, 0.1) is 5.92 Å². The van der Waals surface area contributed by atoms with E-state index < -0.39 is 0 Å². The molecule has 1 aromatic heterocycles. The summed E-state index contributed by atoms with van der Waals surface area (Å²) in [5.41, 5.74) is 7.90. The van der Waals surface area contributed by atoms with Gasteiger partial charge in [0, 0.05) is 23.8 Å². The fourth-order valence-electron chi connectivity index (χ4n) is 2.45. The second-order valence-corrected chi connectivity index (χ2v) is 5.34. The molecule has 0 radical (unpaired) electrons. The number of benzene rings is 1. The van der Waals surface area contributed by atoms with Gasteiger partial charge in [-0.2, -0.15) is 0 Å². The Morgan fingerprint density at radius 2 is 2.18 bits per heavy atom. The number of nitrogens with two attached hydrogens (primary N) is 1. The van der Waals surface area contributed by atoms with Gasteiger partial charge in [-0.3, -0.25) is 0 Å². The first-order valence-corrected chi connectivity index (χ1v) is 6.53. The lowest BCUT2D eigenvalue weighted by atomic mass is 9.85. The molecule has 1 fully saturated rings. The average molecular weight is 244 g/mol. The number of nitrogens with zero attached hydrogens (tertiary/aromatic N) is 1. The van der Waals surface area contributed by atoms with Crippen molar-refractivity contribution in [2.75, 3.05) is 0 Å². The van der Waals surface area contributed by atoms with Crippen LogP contribution in [0.5, 0.6) is 0 Å². The summed E-state index contributed by atoms with van der Waals surface area (Å²) in [4.78, 5) is 0.475. The lowest BCUT2D eigenvalue weighted by Gasteiger charge is -2.26. The molecule has 0 atom stereocenters. The van der Waals surface area contributed by atoms with Gasteiger partial charge in [-0.05, 0) is 36.3 Å².